The molecule has 0 aromatic heterocycles. The van der Waals surface area contributed by atoms with Crippen LogP contribution in [0.2, 0.25) is 0 Å². The standard InChI is InChI=1S/C22H26N2O5S/c1-4-23(5-2)30(27,28)19-13-8-16(3)20(15-19)22(26)29-18-11-9-17(10-12-18)24-14-6-7-21(24)25/h8-13,15H,4-7,14H2,1-3H3. The van der Waals surface area contributed by atoms with Crippen LogP contribution >= 0.6 is 0 Å². The highest BCUT2D eigenvalue weighted by Gasteiger charge is 2.24. The van der Waals surface area contributed by atoms with Gasteiger partial charge in [-0.1, -0.05) is 19.9 Å². The van der Waals surface area contributed by atoms with Crippen molar-refractivity contribution in [1.29, 1.82) is 0 Å². The molecule has 1 saturated heterocycles. The van der Waals surface area contributed by atoms with Crippen molar-refractivity contribution in [1.82, 2.24) is 4.31 Å². The van der Waals surface area contributed by atoms with Gasteiger partial charge in [0.25, 0.3) is 0 Å². The van der Waals surface area contributed by atoms with Crippen molar-refractivity contribution in [3.05, 3.63) is 53.6 Å². The Balaban J connectivity index is 1.81. The molecule has 1 amide bonds. The number of sulfonamides is 1. The predicted molar refractivity (Wildman–Crippen MR) is 114 cm³/mol. The minimum absolute atomic E-state index is 0.0617. The molecule has 0 saturated carbocycles. The molecule has 1 aliphatic rings. The van der Waals surface area contributed by atoms with Crippen molar-refractivity contribution >= 4 is 27.6 Å². The van der Waals surface area contributed by atoms with Gasteiger partial charge in [-0.2, -0.15) is 4.31 Å². The molecule has 8 heteroatoms. The van der Waals surface area contributed by atoms with Gasteiger partial charge in [-0.05, 0) is 55.3 Å². The van der Waals surface area contributed by atoms with Crippen LogP contribution in [0.5, 0.6) is 5.75 Å². The van der Waals surface area contributed by atoms with Crippen LogP contribution in [0, 0.1) is 6.92 Å². The maximum Gasteiger partial charge on any atom is 0.343 e. The van der Waals surface area contributed by atoms with Gasteiger partial charge < -0.3 is 9.64 Å². The van der Waals surface area contributed by atoms with Crippen LogP contribution in [0.4, 0.5) is 5.69 Å². The van der Waals surface area contributed by atoms with Gasteiger partial charge in [0, 0.05) is 31.7 Å². The maximum absolute atomic E-state index is 12.8. The van der Waals surface area contributed by atoms with Gasteiger partial charge in [0.1, 0.15) is 5.75 Å². The fourth-order valence-electron chi connectivity index (χ4n) is 3.47. The van der Waals surface area contributed by atoms with Crippen molar-refractivity contribution in [3.8, 4) is 5.75 Å². The SMILES string of the molecule is CCN(CC)S(=O)(=O)c1ccc(C)c(C(=O)Oc2ccc(N3CCCC3=O)cc2)c1. The van der Waals surface area contributed by atoms with Gasteiger partial charge in [0.05, 0.1) is 10.5 Å². The van der Waals surface area contributed by atoms with E-state index in [1.807, 2.05) is 0 Å². The van der Waals surface area contributed by atoms with E-state index in [2.05, 4.69) is 0 Å². The lowest BCUT2D eigenvalue weighted by molar-refractivity contribution is -0.117. The normalized spacial score (nSPS) is 14.4. The molecule has 160 valence electrons. The van der Waals surface area contributed by atoms with Crippen molar-refractivity contribution < 1.29 is 22.7 Å². The van der Waals surface area contributed by atoms with Crippen molar-refractivity contribution in [2.45, 2.75) is 38.5 Å². The van der Waals surface area contributed by atoms with E-state index in [0.717, 1.165) is 12.1 Å². The first kappa shape index (κ1) is 22.0. The molecule has 0 N–H and O–H groups in total. The summed E-state index contributed by atoms with van der Waals surface area (Å²) in [5.41, 5.74) is 1.58. The maximum atomic E-state index is 12.8. The largest absolute Gasteiger partial charge is 0.423 e. The molecular formula is C22H26N2O5S. The Hall–Kier alpha value is -2.71. The minimum Gasteiger partial charge on any atom is -0.423 e. The van der Waals surface area contributed by atoms with Crippen molar-refractivity contribution in [2.24, 2.45) is 0 Å². The molecule has 7 nitrogen and oxygen atoms in total. The molecule has 3 rings (SSSR count). The summed E-state index contributed by atoms with van der Waals surface area (Å²) >= 11 is 0. The third-order valence-electron chi connectivity index (χ3n) is 5.20. The smallest absolute Gasteiger partial charge is 0.343 e. The number of aryl methyl sites for hydroxylation is 1. The zero-order valence-electron chi connectivity index (χ0n) is 17.4. The van der Waals surface area contributed by atoms with Gasteiger partial charge in [0.15, 0.2) is 0 Å². The molecule has 0 atom stereocenters. The molecule has 1 heterocycles. The molecule has 30 heavy (non-hydrogen) atoms. The number of hydrogen-bond acceptors (Lipinski definition) is 5. The molecule has 0 bridgehead atoms. The number of nitrogens with zero attached hydrogens (tertiary/aromatic N) is 2. The number of amides is 1. The van der Waals surface area contributed by atoms with Gasteiger partial charge >= 0.3 is 5.97 Å². The average molecular weight is 431 g/mol. The van der Waals surface area contributed by atoms with Crippen LogP contribution < -0.4 is 9.64 Å². The summed E-state index contributed by atoms with van der Waals surface area (Å²) in [6.07, 6.45) is 1.38. The van der Waals surface area contributed by atoms with Gasteiger partial charge in [-0.3, -0.25) is 4.79 Å². The number of anilines is 1. The van der Waals surface area contributed by atoms with Crippen LogP contribution in [-0.4, -0.2) is 44.2 Å². The van der Waals surface area contributed by atoms with Gasteiger partial charge in [-0.15, -0.1) is 0 Å². The molecular weight excluding hydrogens is 404 g/mol. The highest BCUT2D eigenvalue weighted by atomic mass is 32.2. The summed E-state index contributed by atoms with van der Waals surface area (Å²) in [7, 11) is -3.68. The van der Waals surface area contributed by atoms with Gasteiger partial charge in [0.2, 0.25) is 15.9 Å². The van der Waals surface area contributed by atoms with E-state index in [9.17, 15) is 18.0 Å². The van der Waals surface area contributed by atoms with E-state index in [0.29, 0.717) is 37.4 Å². The van der Waals surface area contributed by atoms with Crippen molar-refractivity contribution in [3.63, 3.8) is 0 Å². The third kappa shape index (κ3) is 4.39. The molecule has 0 aliphatic carbocycles. The number of carbonyl (C=O) groups excluding carboxylic acids is 2. The van der Waals surface area contributed by atoms with Crippen LogP contribution in [0.25, 0.3) is 0 Å². The van der Waals surface area contributed by atoms with E-state index < -0.39 is 16.0 Å². The molecule has 2 aromatic rings. The van der Waals surface area contributed by atoms with E-state index in [-0.39, 0.29) is 16.4 Å². The number of hydrogen-bond donors (Lipinski definition) is 0. The Kier molecular flexibility index (Phi) is 6.58. The monoisotopic (exact) mass is 430 g/mol. The molecule has 0 spiro atoms. The van der Waals surface area contributed by atoms with Crippen LogP contribution in [0.3, 0.4) is 0 Å². The Morgan fingerprint density at radius 1 is 1.10 bits per heavy atom. The van der Waals surface area contributed by atoms with Crippen LogP contribution in [0.1, 0.15) is 42.6 Å². The van der Waals surface area contributed by atoms with E-state index >= 15 is 0 Å². The fraction of sp³-hybridized carbons (Fsp3) is 0.364. The Labute approximate surface area is 177 Å². The molecule has 1 aliphatic heterocycles. The highest BCUT2D eigenvalue weighted by Crippen LogP contribution is 2.25. The zero-order chi connectivity index (χ0) is 21.9. The quantitative estimate of drug-likeness (QED) is 0.497. The fourth-order valence-corrected chi connectivity index (χ4v) is 4.96. The highest BCUT2D eigenvalue weighted by molar-refractivity contribution is 7.89. The molecule has 1 fully saturated rings. The second-order valence-electron chi connectivity index (χ2n) is 7.10. The Morgan fingerprint density at radius 2 is 1.77 bits per heavy atom. The zero-order valence-corrected chi connectivity index (χ0v) is 18.2. The second kappa shape index (κ2) is 8.97. The van der Waals surface area contributed by atoms with Crippen LogP contribution in [-0.2, 0) is 14.8 Å². The van der Waals surface area contributed by atoms with Gasteiger partial charge in [-0.25, -0.2) is 13.2 Å². The number of benzene rings is 2. The summed E-state index contributed by atoms with van der Waals surface area (Å²) in [4.78, 5) is 26.3. The van der Waals surface area contributed by atoms with Crippen LogP contribution in [0.15, 0.2) is 47.4 Å². The lowest BCUT2D eigenvalue weighted by atomic mass is 10.1. The first-order valence-corrected chi connectivity index (χ1v) is 11.4. The lowest BCUT2D eigenvalue weighted by Crippen LogP contribution is -2.30. The molecule has 2 aromatic carbocycles. The summed E-state index contributed by atoms with van der Waals surface area (Å²) in [5, 5.41) is 0. The predicted octanol–water partition coefficient (Wildman–Crippen LogP) is 3.37. The minimum atomic E-state index is -3.68. The number of esters is 1. The Bertz CT molecular complexity index is 1040. The van der Waals surface area contributed by atoms with E-state index in [1.54, 1.807) is 56.0 Å². The van der Waals surface area contributed by atoms with E-state index in [1.165, 1.54) is 16.4 Å². The number of rotatable bonds is 7. The topological polar surface area (TPSA) is 84.0 Å². The summed E-state index contributed by atoms with van der Waals surface area (Å²) < 4.78 is 32.3. The van der Waals surface area contributed by atoms with Crippen molar-refractivity contribution in [2.75, 3.05) is 24.5 Å². The third-order valence-corrected chi connectivity index (χ3v) is 7.25. The number of carbonyl (C=O) groups is 2. The summed E-state index contributed by atoms with van der Waals surface area (Å²) in [6.45, 7) is 6.64. The second-order valence-corrected chi connectivity index (χ2v) is 9.04. The first-order valence-electron chi connectivity index (χ1n) is 10.0. The molecule has 0 unspecified atom stereocenters. The average Bonchev–Trinajstić information content (AvgIpc) is 3.15. The summed E-state index contributed by atoms with van der Waals surface area (Å²) in [5.74, 6) is -0.220. The Morgan fingerprint density at radius 3 is 2.33 bits per heavy atom. The lowest BCUT2D eigenvalue weighted by Gasteiger charge is -2.19. The number of ether oxygens (including phenoxy) is 1. The molecule has 0 radical (unpaired) electrons. The first-order chi connectivity index (χ1) is 14.3. The van der Waals surface area contributed by atoms with E-state index in [4.69, 9.17) is 4.74 Å². The summed E-state index contributed by atoms with van der Waals surface area (Å²) in [6, 6.07) is 11.2.